The summed E-state index contributed by atoms with van der Waals surface area (Å²) >= 11 is 0. The summed E-state index contributed by atoms with van der Waals surface area (Å²) in [6.45, 7) is 2.95. The SMILES string of the molecule is O=C([O-])CCN1CCC2(CC1)COc1cc(O)ccc12. The molecule has 5 heteroatoms. The van der Waals surface area contributed by atoms with E-state index in [9.17, 15) is 15.0 Å². The van der Waals surface area contributed by atoms with Crippen molar-refractivity contribution >= 4 is 5.97 Å². The number of hydrogen-bond acceptors (Lipinski definition) is 5. The fraction of sp³-hybridized carbons (Fsp3) is 0.533. The van der Waals surface area contributed by atoms with Crippen LogP contribution in [0, 0.1) is 0 Å². The Bertz CT molecular complexity index is 521. The smallest absolute Gasteiger partial charge is 0.126 e. The highest BCUT2D eigenvalue weighted by Crippen LogP contribution is 2.46. The summed E-state index contributed by atoms with van der Waals surface area (Å²) in [6.07, 6.45) is 2.00. The second kappa shape index (κ2) is 4.98. The highest BCUT2D eigenvalue weighted by atomic mass is 16.5. The largest absolute Gasteiger partial charge is 0.550 e. The first-order valence-electron chi connectivity index (χ1n) is 6.98. The lowest BCUT2D eigenvalue weighted by atomic mass is 9.74. The summed E-state index contributed by atoms with van der Waals surface area (Å²) in [5, 5.41) is 20.0. The molecule has 0 amide bonds. The Balaban J connectivity index is 1.68. The minimum atomic E-state index is -0.990. The minimum absolute atomic E-state index is 0.0288. The van der Waals surface area contributed by atoms with E-state index in [1.165, 1.54) is 5.56 Å². The summed E-state index contributed by atoms with van der Waals surface area (Å²) in [5.41, 5.74) is 1.20. The molecule has 0 radical (unpaired) electrons. The third-order valence-corrected chi connectivity index (χ3v) is 4.49. The van der Waals surface area contributed by atoms with E-state index in [0.717, 1.165) is 31.7 Å². The van der Waals surface area contributed by atoms with E-state index in [0.29, 0.717) is 13.2 Å². The van der Waals surface area contributed by atoms with Crippen molar-refractivity contribution in [3.8, 4) is 11.5 Å². The average Bonchev–Trinajstić information content (AvgIpc) is 2.76. The van der Waals surface area contributed by atoms with Gasteiger partial charge in [0, 0.05) is 29.6 Å². The van der Waals surface area contributed by atoms with E-state index in [1.54, 1.807) is 12.1 Å². The van der Waals surface area contributed by atoms with Crippen molar-refractivity contribution in [2.75, 3.05) is 26.2 Å². The Morgan fingerprint density at radius 1 is 1.40 bits per heavy atom. The van der Waals surface area contributed by atoms with E-state index in [2.05, 4.69) is 4.90 Å². The summed E-state index contributed by atoms with van der Waals surface area (Å²) in [4.78, 5) is 12.7. The monoisotopic (exact) mass is 276 g/mol. The third kappa shape index (κ3) is 2.33. The number of fused-ring (bicyclic) bond motifs is 2. The van der Waals surface area contributed by atoms with E-state index in [-0.39, 0.29) is 17.6 Å². The minimum Gasteiger partial charge on any atom is -0.550 e. The highest BCUT2D eigenvalue weighted by molar-refractivity contribution is 5.64. The van der Waals surface area contributed by atoms with Crippen LogP contribution in [0.25, 0.3) is 0 Å². The molecule has 1 aromatic rings. The van der Waals surface area contributed by atoms with Crippen molar-refractivity contribution in [3.05, 3.63) is 23.8 Å². The number of carbonyl (C=O) groups excluding carboxylic acids is 1. The Morgan fingerprint density at radius 3 is 2.85 bits per heavy atom. The number of nitrogens with zero attached hydrogens (tertiary/aromatic N) is 1. The Morgan fingerprint density at radius 2 is 2.15 bits per heavy atom. The predicted octanol–water partition coefficient (Wildman–Crippen LogP) is 0.258. The number of rotatable bonds is 3. The standard InChI is InChI=1S/C15H19NO4/c17-11-1-2-12-13(9-11)20-10-15(12)4-7-16(8-5-15)6-3-14(18)19/h1-2,9,17H,3-8,10H2,(H,18,19)/p-1. The Labute approximate surface area is 117 Å². The van der Waals surface area contributed by atoms with Crippen LogP contribution >= 0.6 is 0 Å². The van der Waals surface area contributed by atoms with Crippen LogP contribution in [0.15, 0.2) is 18.2 Å². The van der Waals surface area contributed by atoms with Gasteiger partial charge < -0.3 is 24.6 Å². The third-order valence-electron chi connectivity index (χ3n) is 4.49. The molecule has 20 heavy (non-hydrogen) atoms. The molecule has 0 saturated carbocycles. The number of carboxylic acid groups (broad SMARTS) is 1. The number of carboxylic acids is 1. The molecule has 2 aliphatic rings. The van der Waals surface area contributed by atoms with Gasteiger partial charge in [-0.25, -0.2) is 0 Å². The maximum atomic E-state index is 10.5. The first-order valence-corrected chi connectivity index (χ1v) is 6.98. The Hall–Kier alpha value is -1.75. The van der Waals surface area contributed by atoms with Crippen LogP contribution in [0.3, 0.4) is 0 Å². The van der Waals surface area contributed by atoms with Crippen molar-refractivity contribution in [2.45, 2.75) is 24.7 Å². The number of carbonyl (C=O) groups is 1. The van der Waals surface area contributed by atoms with Crippen LogP contribution in [0.2, 0.25) is 0 Å². The molecule has 0 atom stereocenters. The second-order valence-corrected chi connectivity index (χ2v) is 5.71. The molecular weight excluding hydrogens is 258 g/mol. The van der Waals surface area contributed by atoms with Gasteiger partial charge in [-0.3, -0.25) is 0 Å². The molecule has 0 aromatic heterocycles. The number of hydrogen-bond donors (Lipinski definition) is 1. The molecule has 5 nitrogen and oxygen atoms in total. The lowest BCUT2D eigenvalue weighted by Crippen LogP contribution is -2.44. The molecule has 1 spiro atoms. The molecule has 1 fully saturated rings. The van der Waals surface area contributed by atoms with E-state index >= 15 is 0 Å². The summed E-state index contributed by atoms with van der Waals surface area (Å²) < 4.78 is 5.72. The lowest BCUT2D eigenvalue weighted by Gasteiger charge is -2.38. The van der Waals surface area contributed by atoms with E-state index < -0.39 is 5.97 Å². The van der Waals surface area contributed by atoms with Gasteiger partial charge in [-0.2, -0.15) is 0 Å². The first-order chi connectivity index (χ1) is 9.59. The normalized spacial score (nSPS) is 20.6. The van der Waals surface area contributed by atoms with Gasteiger partial charge in [-0.15, -0.1) is 0 Å². The van der Waals surface area contributed by atoms with Gasteiger partial charge in [-0.1, -0.05) is 6.07 Å². The molecular formula is C15H18NO4-. The Kier molecular flexibility index (Phi) is 3.30. The van der Waals surface area contributed by atoms with Gasteiger partial charge in [0.05, 0.1) is 6.61 Å². The quantitative estimate of drug-likeness (QED) is 0.857. The van der Waals surface area contributed by atoms with Crippen LogP contribution < -0.4 is 9.84 Å². The molecule has 0 bridgehead atoms. The number of aliphatic carboxylic acids is 1. The second-order valence-electron chi connectivity index (χ2n) is 5.71. The number of phenols is 1. The molecule has 0 unspecified atom stereocenters. The number of phenolic OH excluding ortho intramolecular Hbond substituents is 1. The predicted molar refractivity (Wildman–Crippen MR) is 70.6 cm³/mol. The zero-order valence-corrected chi connectivity index (χ0v) is 11.3. The van der Waals surface area contributed by atoms with Gasteiger partial charge in [-0.05, 0) is 38.4 Å². The molecule has 3 rings (SSSR count). The summed E-state index contributed by atoms with van der Waals surface area (Å²) in [5.74, 6) is 0.0238. The zero-order chi connectivity index (χ0) is 14.2. The molecule has 1 saturated heterocycles. The number of likely N-dealkylation sites (tertiary alicyclic amines) is 1. The van der Waals surface area contributed by atoms with Crippen LogP contribution in [-0.2, 0) is 10.2 Å². The number of ether oxygens (including phenoxy) is 1. The van der Waals surface area contributed by atoms with Gasteiger partial charge >= 0.3 is 0 Å². The van der Waals surface area contributed by atoms with Crippen LogP contribution in [0.1, 0.15) is 24.8 Å². The topological polar surface area (TPSA) is 72.8 Å². The fourth-order valence-corrected chi connectivity index (χ4v) is 3.23. The molecule has 0 aliphatic carbocycles. The number of aromatic hydroxyl groups is 1. The average molecular weight is 276 g/mol. The number of piperidine rings is 1. The molecule has 2 heterocycles. The van der Waals surface area contributed by atoms with Gasteiger partial charge in [0.25, 0.3) is 0 Å². The van der Waals surface area contributed by atoms with Gasteiger partial charge in [0.2, 0.25) is 0 Å². The van der Waals surface area contributed by atoms with Crippen LogP contribution in [0.4, 0.5) is 0 Å². The zero-order valence-electron chi connectivity index (χ0n) is 11.3. The van der Waals surface area contributed by atoms with Crippen molar-refractivity contribution in [2.24, 2.45) is 0 Å². The first kappa shape index (κ1) is 13.2. The molecule has 2 aliphatic heterocycles. The van der Waals surface area contributed by atoms with E-state index in [4.69, 9.17) is 4.74 Å². The van der Waals surface area contributed by atoms with Crippen molar-refractivity contribution < 1.29 is 19.7 Å². The molecule has 1 N–H and O–H groups in total. The fourth-order valence-electron chi connectivity index (χ4n) is 3.23. The lowest BCUT2D eigenvalue weighted by molar-refractivity contribution is -0.305. The maximum Gasteiger partial charge on any atom is 0.126 e. The molecule has 1 aromatic carbocycles. The number of benzene rings is 1. The summed E-state index contributed by atoms with van der Waals surface area (Å²) in [6, 6.07) is 5.33. The molecule has 108 valence electrons. The maximum absolute atomic E-state index is 10.5. The highest BCUT2D eigenvalue weighted by Gasteiger charge is 2.42. The van der Waals surface area contributed by atoms with Gasteiger partial charge in [0.15, 0.2) is 0 Å². The summed E-state index contributed by atoms with van der Waals surface area (Å²) in [7, 11) is 0. The van der Waals surface area contributed by atoms with Crippen LogP contribution in [-0.4, -0.2) is 42.2 Å². The van der Waals surface area contributed by atoms with Crippen molar-refractivity contribution in [3.63, 3.8) is 0 Å². The van der Waals surface area contributed by atoms with Crippen LogP contribution in [0.5, 0.6) is 11.5 Å². The van der Waals surface area contributed by atoms with Gasteiger partial charge in [0.1, 0.15) is 11.5 Å². The van der Waals surface area contributed by atoms with E-state index in [1.807, 2.05) is 6.07 Å². The van der Waals surface area contributed by atoms with Crippen molar-refractivity contribution in [1.82, 2.24) is 4.90 Å². The van der Waals surface area contributed by atoms with Crippen molar-refractivity contribution in [1.29, 1.82) is 0 Å².